The Morgan fingerprint density at radius 2 is 1.78 bits per heavy atom. The first-order chi connectivity index (χ1) is 8.71. The smallest absolute Gasteiger partial charge is 0.234 e. The van der Waals surface area contributed by atoms with Crippen LogP contribution in [0.4, 0.5) is 0 Å². The highest BCUT2D eigenvalue weighted by atomic mass is 16.2. The quantitative estimate of drug-likeness (QED) is 0.722. The van der Waals surface area contributed by atoms with Crippen LogP contribution in [0.2, 0.25) is 0 Å². The Hall–Kier alpha value is -0.610. The predicted octanol–water partition coefficient (Wildman–Crippen LogP) is 1.37. The Morgan fingerprint density at radius 3 is 2.28 bits per heavy atom. The summed E-state index contributed by atoms with van der Waals surface area (Å²) in [7, 11) is 0. The summed E-state index contributed by atoms with van der Waals surface area (Å²) >= 11 is 0. The summed E-state index contributed by atoms with van der Waals surface area (Å²) in [6, 6.07) is 1.28. The van der Waals surface area contributed by atoms with E-state index < -0.39 is 0 Å². The molecule has 2 N–H and O–H groups in total. The van der Waals surface area contributed by atoms with Crippen molar-refractivity contribution in [2.45, 2.75) is 58.5 Å². The zero-order valence-electron chi connectivity index (χ0n) is 12.2. The van der Waals surface area contributed by atoms with Crippen LogP contribution in [0.5, 0.6) is 0 Å². The summed E-state index contributed by atoms with van der Waals surface area (Å²) in [6.45, 7) is 9.59. The fourth-order valence-electron chi connectivity index (χ4n) is 2.87. The van der Waals surface area contributed by atoms with Crippen LogP contribution < -0.4 is 10.6 Å². The van der Waals surface area contributed by atoms with Crippen LogP contribution in [0.3, 0.4) is 0 Å². The van der Waals surface area contributed by atoms with Gasteiger partial charge in [0.15, 0.2) is 0 Å². The van der Waals surface area contributed by atoms with Gasteiger partial charge in [-0.3, -0.25) is 9.69 Å². The number of carbonyl (C=O) groups is 1. The van der Waals surface area contributed by atoms with Gasteiger partial charge in [0.1, 0.15) is 0 Å². The normalized spacial score (nSPS) is 24.2. The third kappa shape index (κ3) is 4.94. The van der Waals surface area contributed by atoms with E-state index in [1.54, 1.807) is 0 Å². The molecule has 0 atom stereocenters. The van der Waals surface area contributed by atoms with Crippen molar-refractivity contribution in [3.63, 3.8) is 0 Å². The standard InChI is InChI=1S/C14H29N3O/c1-4-15-12-7-9-13(10-8-12)17(6-3)11-14(18)16-5-2/h12-13,15H,4-11H2,1-3H3,(H,16,18). The van der Waals surface area contributed by atoms with Crippen molar-refractivity contribution in [2.75, 3.05) is 26.2 Å². The number of rotatable bonds is 7. The molecule has 0 aromatic heterocycles. The van der Waals surface area contributed by atoms with Gasteiger partial charge in [-0.25, -0.2) is 0 Å². The second kappa shape index (κ2) is 8.48. The molecule has 106 valence electrons. The minimum absolute atomic E-state index is 0.160. The van der Waals surface area contributed by atoms with Crippen LogP contribution in [-0.2, 0) is 4.79 Å². The van der Waals surface area contributed by atoms with Crippen LogP contribution in [0.25, 0.3) is 0 Å². The topological polar surface area (TPSA) is 44.4 Å². The number of nitrogens with one attached hydrogen (secondary N) is 2. The van der Waals surface area contributed by atoms with Crippen molar-refractivity contribution in [1.82, 2.24) is 15.5 Å². The minimum Gasteiger partial charge on any atom is -0.355 e. The molecule has 0 aromatic carbocycles. The molecule has 1 aliphatic rings. The molecule has 1 aliphatic carbocycles. The maximum absolute atomic E-state index is 11.7. The molecule has 0 bridgehead atoms. The number of likely N-dealkylation sites (N-methyl/N-ethyl adjacent to an activating group) is 2. The highest BCUT2D eigenvalue weighted by Crippen LogP contribution is 2.22. The molecule has 0 saturated heterocycles. The summed E-state index contributed by atoms with van der Waals surface area (Å²) in [4.78, 5) is 14.0. The van der Waals surface area contributed by atoms with Gasteiger partial charge in [0.25, 0.3) is 0 Å². The molecule has 1 saturated carbocycles. The molecular formula is C14H29N3O. The van der Waals surface area contributed by atoms with Gasteiger partial charge in [-0.05, 0) is 45.7 Å². The Balaban J connectivity index is 2.35. The molecule has 4 nitrogen and oxygen atoms in total. The van der Waals surface area contributed by atoms with Crippen molar-refractivity contribution in [3.8, 4) is 0 Å². The van der Waals surface area contributed by atoms with Crippen LogP contribution in [0.15, 0.2) is 0 Å². The lowest BCUT2D eigenvalue weighted by Gasteiger charge is -2.36. The summed E-state index contributed by atoms with van der Waals surface area (Å²) in [5.41, 5.74) is 0. The van der Waals surface area contributed by atoms with E-state index in [0.29, 0.717) is 18.6 Å². The van der Waals surface area contributed by atoms with E-state index in [9.17, 15) is 4.79 Å². The first-order valence-electron chi connectivity index (χ1n) is 7.45. The molecule has 0 unspecified atom stereocenters. The van der Waals surface area contributed by atoms with Gasteiger partial charge in [0.2, 0.25) is 5.91 Å². The van der Waals surface area contributed by atoms with Gasteiger partial charge in [0, 0.05) is 18.6 Å². The lowest BCUT2D eigenvalue weighted by molar-refractivity contribution is -0.122. The Morgan fingerprint density at radius 1 is 1.11 bits per heavy atom. The zero-order valence-corrected chi connectivity index (χ0v) is 12.2. The lowest BCUT2D eigenvalue weighted by atomic mass is 9.90. The minimum atomic E-state index is 0.160. The number of hydrogen-bond acceptors (Lipinski definition) is 3. The van der Waals surface area contributed by atoms with Gasteiger partial charge in [-0.15, -0.1) is 0 Å². The zero-order chi connectivity index (χ0) is 13.4. The van der Waals surface area contributed by atoms with E-state index in [4.69, 9.17) is 0 Å². The van der Waals surface area contributed by atoms with Gasteiger partial charge in [-0.2, -0.15) is 0 Å². The molecule has 1 amide bonds. The van der Waals surface area contributed by atoms with E-state index in [-0.39, 0.29) is 5.91 Å². The fraction of sp³-hybridized carbons (Fsp3) is 0.929. The predicted molar refractivity (Wildman–Crippen MR) is 75.7 cm³/mol. The second-order valence-electron chi connectivity index (χ2n) is 5.08. The maximum Gasteiger partial charge on any atom is 0.234 e. The van der Waals surface area contributed by atoms with Crippen molar-refractivity contribution in [1.29, 1.82) is 0 Å². The monoisotopic (exact) mass is 255 g/mol. The van der Waals surface area contributed by atoms with Crippen LogP contribution >= 0.6 is 0 Å². The highest BCUT2D eigenvalue weighted by molar-refractivity contribution is 5.77. The first-order valence-corrected chi connectivity index (χ1v) is 7.45. The highest BCUT2D eigenvalue weighted by Gasteiger charge is 2.25. The van der Waals surface area contributed by atoms with E-state index in [1.165, 1.54) is 25.7 Å². The molecule has 18 heavy (non-hydrogen) atoms. The van der Waals surface area contributed by atoms with Crippen LogP contribution in [0, 0.1) is 0 Å². The average molecular weight is 255 g/mol. The number of hydrogen-bond donors (Lipinski definition) is 2. The van der Waals surface area contributed by atoms with Gasteiger partial charge < -0.3 is 10.6 Å². The van der Waals surface area contributed by atoms with Gasteiger partial charge >= 0.3 is 0 Å². The first kappa shape index (κ1) is 15.4. The van der Waals surface area contributed by atoms with Crippen molar-refractivity contribution >= 4 is 5.91 Å². The third-order valence-electron chi connectivity index (χ3n) is 3.83. The van der Waals surface area contributed by atoms with Crippen molar-refractivity contribution < 1.29 is 4.79 Å². The second-order valence-corrected chi connectivity index (χ2v) is 5.08. The SMILES string of the molecule is CCNC(=O)CN(CC)C1CCC(NCC)CC1. The molecule has 4 heteroatoms. The molecule has 0 aliphatic heterocycles. The summed E-state index contributed by atoms with van der Waals surface area (Å²) < 4.78 is 0. The Bertz CT molecular complexity index is 237. The van der Waals surface area contributed by atoms with Crippen molar-refractivity contribution in [3.05, 3.63) is 0 Å². The van der Waals surface area contributed by atoms with E-state index >= 15 is 0 Å². The average Bonchev–Trinajstić information content (AvgIpc) is 2.38. The molecule has 0 spiro atoms. The van der Waals surface area contributed by atoms with Gasteiger partial charge in [-0.1, -0.05) is 13.8 Å². The molecule has 0 radical (unpaired) electrons. The lowest BCUT2D eigenvalue weighted by Crippen LogP contribution is -2.46. The molecule has 0 heterocycles. The molecule has 0 aromatic rings. The maximum atomic E-state index is 11.7. The van der Waals surface area contributed by atoms with Crippen molar-refractivity contribution in [2.24, 2.45) is 0 Å². The number of nitrogens with zero attached hydrogens (tertiary/aromatic N) is 1. The molecule has 1 fully saturated rings. The van der Waals surface area contributed by atoms with Crippen LogP contribution in [0.1, 0.15) is 46.5 Å². The van der Waals surface area contributed by atoms with E-state index in [1.807, 2.05) is 6.92 Å². The molecular weight excluding hydrogens is 226 g/mol. The molecule has 1 rings (SSSR count). The summed E-state index contributed by atoms with van der Waals surface area (Å²) in [5, 5.41) is 6.41. The Kier molecular flexibility index (Phi) is 7.28. The van der Waals surface area contributed by atoms with E-state index in [2.05, 4.69) is 29.4 Å². The van der Waals surface area contributed by atoms with Crippen LogP contribution in [-0.4, -0.2) is 49.1 Å². The fourth-order valence-corrected chi connectivity index (χ4v) is 2.87. The number of amides is 1. The Labute approximate surface area is 111 Å². The van der Waals surface area contributed by atoms with Gasteiger partial charge in [0.05, 0.1) is 6.54 Å². The number of carbonyl (C=O) groups excluding carboxylic acids is 1. The third-order valence-corrected chi connectivity index (χ3v) is 3.83. The largest absolute Gasteiger partial charge is 0.355 e. The summed E-state index contributed by atoms with van der Waals surface area (Å²) in [5.74, 6) is 0.160. The summed E-state index contributed by atoms with van der Waals surface area (Å²) in [6.07, 6.45) is 4.91. The van der Waals surface area contributed by atoms with E-state index in [0.717, 1.165) is 19.6 Å².